The van der Waals surface area contributed by atoms with Crippen molar-refractivity contribution in [1.82, 2.24) is 10.2 Å². The van der Waals surface area contributed by atoms with Gasteiger partial charge in [0.15, 0.2) is 0 Å². The highest BCUT2D eigenvalue weighted by Crippen LogP contribution is 2.31. The van der Waals surface area contributed by atoms with Crippen LogP contribution in [0.5, 0.6) is 0 Å². The maximum absolute atomic E-state index is 14.7. The SMILES string of the molecule is Cc1ccc(S(=O)(=O)N(CC(=O)N(Cc2c(Cl)cccc2Cl)[C@@H](Cc2ccccc2)C(=O)NCC(C)C)c2cccc(C)c2C)cc1. The minimum absolute atomic E-state index is 0.0491. The van der Waals surface area contributed by atoms with E-state index in [2.05, 4.69) is 5.32 Å². The number of carbonyl (C=O) groups is 2. The van der Waals surface area contributed by atoms with Crippen LogP contribution in [0.2, 0.25) is 10.0 Å². The summed E-state index contributed by atoms with van der Waals surface area (Å²) in [7, 11) is -4.22. The standard InChI is InChI=1S/C37H41Cl2N3O4S/c1-25(2)22-40-37(44)35(21-29-12-7-6-8-13-29)41(23-31-32(38)14-10-15-33(31)39)36(43)24-42(34-16-9-11-27(4)28(34)5)47(45,46)30-19-17-26(3)18-20-30/h6-20,25,35H,21-24H2,1-5H3,(H,40,44)/t35-/m0/s1. The normalized spacial score (nSPS) is 12.1. The molecule has 0 fully saturated rings. The Kier molecular flexibility index (Phi) is 12.1. The summed E-state index contributed by atoms with van der Waals surface area (Å²) in [5, 5.41) is 3.64. The molecule has 0 aliphatic rings. The van der Waals surface area contributed by atoms with Gasteiger partial charge >= 0.3 is 0 Å². The molecule has 0 aliphatic heterocycles. The molecule has 0 unspecified atom stereocenters. The van der Waals surface area contributed by atoms with Crippen LogP contribution < -0.4 is 9.62 Å². The lowest BCUT2D eigenvalue weighted by atomic mass is 10.0. The average Bonchev–Trinajstić information content (AvgIpc) is 3.03. The number of nitrogens with zero attached hydrogens (tertiary/aromatic N) is 2. The number of halogens is 2. The van der Waals surface area contributed by atoms with Crippen LogP contribution in [0, 0.1) is 26.7 Å². The van der Waals surface area contributed by atoms with E-state index in [9.17, 15) is 18.0 Å². The number of amides is 2. The van der Waals surface area contributed by atoms with Gasteiger partial charge in [-0.2, -0.15) is 0 Å². The molecule has 47 heavy (non-hydrogen) atoms. The molecule has 248 valence electrons. The number of nitrogens with one attached hydrogen (secondary N) is 1. The van der Waals surface area contributed by atoms with Crippen molar-refractivity contribution in [2.45, 2.75) is 58.5 Å². The Bertz CT molecular complexity index is 1790. The highest BCUT2D eigenvalue weighted by atomic mass is 35.5. The molecule has 0 saturated carbocycles. The van der Waals surface area contributed by atoms with Crippen molar-refractivity contribution >= 4 is 50.7 Å². The third kappa shape index (κ3) is 8.95. The number of hydrogen-bond acceptors (Lipinski definition) is 4. The molecule has 4 rings (SSSR count). The molecule has 1 atom stereocenters. The van der Waals surface area contributed by atoms with Crippen LogP contribution in [0.1, 0.15) is 41.7 Å². The molecule has 0 heterocycles. The van der Waals surface area contributed by atoms with Crippen LogP contribution in [0.25, 0.3) is 0 Å². The third-order valence-corrected chi connectivity index (χ3v) is 10.6. The van der Waals surface area contributed by atoms with E-state index >= 15 is 0 Å². The summed E-state index contributed by atoms with van der Waals surface area (Å²) in [5.74, 6) is -0.783. The number of sulfonamides is 1. The second-order valence-electron chi connectivity index (χ2n) is 12.1. The Hall–Kier alpha value is -3.85. The molecular weight excluding hydrogens is 653 g/mol. The van der Waals surface area contributed by atoms with E-state index < -0.39 is 28.5 Å². The van der Waals surface area contributed by atoms with Gasteiger partial charge in [-0.05, 0) is 73.7 Å². The van der Waals surface area contributed by atoms with Crippen LogP contribution in [-0.4, -0.2) is 44.3 Å². The lowest BCUT2D eigenvalue weighted by molar-refractivity contribution is -0.140. The molecule has 0 spiro atoms. The van der Waals surface area contributed by atoms with E-state index in [4.69, 9.17) is 23.2 Å². The molecule has 0 aromatic heterocycles. The van der Waals surface area contributed by atoms with Gasteiger partial charge in [-0.15, -0.1) is 0 Å². The molecule has 10 heteroatoms. The molecule has 0 bridgehead atoms. The summed E-state index contributed by atoms with van der Waals surface area (Å²) in [6.45, 7) is 9.27. The predicted molar refractivity (Wildman–Crippen MR) is 190 cm³/mol. The number of hydrogen-bond donors (Lipinski definition) is 1. The van der Waals surface area contributed by atoms with Gasteiger partial charge in [0.05, 0.1) is 10.6 Å². The number of anilines is 1. The van der Waals surface area contributed by atoms with Crippen LogP contribution in [0.15, 0.2) is 95.9 Å². The summed E-state index contributed by atoms with van der Waals surface area (Å²) >= 11 is 13.2. The van der Waals surface area contributed by atoms with Crippen molar-refractivity contribution in [2.24, 2.45) is 5.92 Å². The number of carbonyl (C=O) groups excluding carboxylic acids is 2. The van der Waals surface area contributed by atoms with Crippen molar-refractivity contribution in [3.63, 3.8) is 0 Å². The highest BCUT2D eigenvalue weighted by Gasteiger charge is 2.35. The highest BCUT2D eigenvalue weighted by molar-refractivity contribution is 7.92. The molecule has 0 radical (unpaired) electrons. The summed E-state index contributed by atoms with van der Waals surface area (Å²) in [6, 6.07) is 25.3. The van der Waals surface area contributed by atoms with Crippen molar-refractivity contribution in [1.29, 1.82) is 0 Å². The first-order valence-corrected chi connectivity index (χ1v) is 17.7. The van der Waals surface area contributed by atoms with E-state index in [-0.39, 0.29) is 29.7 Å². The molecule has 7 nitrogen and oxygen atoms in total. The lowest BCUT2D eigenvalue weighted by Crippen LogP contribution is -2.54. The molecule has 0 saturated heterocycles. The smallest absolute Gasteiger partial charge is 0.264 e. The van der Waals surface area contributed by atoms with Gasteiger partial charge in [-0.25, -0.2) is 8.42 Å². The van der Waals surface area contributed by atoms with Gasteiger partial charge in [0, 0.05) is 35.1 Å². The van der Waals surface area contributed by atoms with Gasteiger partial charge in [0.25, 0.3) is 10.0 Å². The minimum Gasteiger partial charge on any atom is -0.354 e. The fourth-order valence-corrected chi connectivity index (χ4v) is 7.18. The van der Waals surface area contributed by atoms with Gasteiger partial charge in [0.2, 0.25) is 11.8 Å². The number of benzene rings is 4. The zero-order valence-electron chi connectivity index (χ0n) is 27.3. The number of rotatable bonds is 13. The Morgan fingerprint density at radius 1 is 0.809 bits per heavy atom. The first-order valence-electron chi connectivity index (χ1n) is 15.5. The zero-order valence-corrected chi connectivity index (χ0v) is 29.7. The third-order valence-electron chi connectivity index (χ3n) is 8.08. The summed E-state index contributed by atoms with van der Waals surface area (Å²) in [6.07, 6.45) is 0.187. The topological polar surface area (TPSA) is 86.8 Å². The van der Waals surface area contributed by atoms with Gasteiger partial charge < -0.3 is 10.2 Å². The number of aryl methyl sites for hydroxylation is 2. The maximum atomic E-state index is 14.7. The first kappa shape index (κ1) is 36.0. The summed E-state index contributed by atoms with van der Waals surface area (Å²) < 4.78 is 29.8. The first-order chi connectivity index (χ1) is 22.3. The second kappa shape index (κ2) is 15.8. The minimum atomic E-state index is -4.22. The van der Waals surface area contributed by atoms with E-state index in [1.807, 2.05) is 71.0 Å². The molecule has 1 N–H and O–H groups in total. The second-order valence-corrected chi connectivity index (χ2v) is 14.8. The van der Waals surface area contributed by atoms with Crippen LogP contribution in [0.3, 0.4) is 0 Å². The van der Waals surface area contributed by atoms with Crippen LogP contribution in [0.4, 0.5) is 5.69 Å². The molecule has 4 aromatic carbocycles. The average molecular weight is 695 g/mol. The summed E-state index contributed by atoms with van der Waals surface area (Å²) in [5.41, 5.74) is 4.15. The molecule has 0 aliphatic carbocycles. The Labute approximate surface area is 288 Å². The fourth-order valence-electron chi connectivity index (χ4n) is 5.19. The van der Waals surface area contributed by atoms with E-state index in [0.29, 0.717) is 33.4 Å². The fraction of sp³-hybridized carbons (Fsp3) is 0.297. The van der Waals surface area contributed by atoms with Crippen molar-refractivity contribution in [3.05, 3.63) is 129 Å². The zero-order chi connectivity index (χ0) is 34.3. The monoisotopic (exact) mass is 693 g/mol. The summed E-state index contributed by atoms with van der Waals surface area (Å²) in [4.78, 5) is 30.1. The van der Waals surface area contributed by atoms with E-state index in [1.54, 1.807) is 42.5 Å². The van der Waals surface area contributed by atoms with Crippen molar-refractivity contribution < 1.29 is 18.0 Å². The van der Waals surface area contributed by atoms with Crippen molar-refractivity contribution in [3.8, 4) is 0 Å². The molecular formula is C37H41Cl2N3O4S. The van der Waals surface area contributed by atoms with Gasteiger partial charge in [-0.1, -0.05) is 103 Å². The Morgan fingerprint density at radius 3 is 2.04 bits per heavy atom. The van der Waals surface area contributed by atoms with Crippen molar-refractivity contribution in [2.75, 3.05) is 17.4 Å². The van der Waals surface area contributed by atoms with Crippen LogP contribution in [-0.2, 0) is 32.6 Å². The van der Waals surface area contributed by atoms with E-state index in [0.717, 1.165) is 21.0 Å². The van der Waals surface area contributed by atoms with E-state index in [1.165, 1.54) is 17.0 Å². The van der Waals surface area contributed by atoms with Gasteiger partial charge in [0.1, 0.15) is 12.6 Å². The largest absolute Gasteiger partial charge is 0.354 e. The predicted octanol–water partition coefficient (Wildman–Crippen LogP) is 7.53. The van der Waals surface area contributed by atoms with Gasteiger partial charge in [-0.3, -0.25) is 13.9 Å². The molecule has 2 amide bonds. The Balaban J connectivity index is 1.86. The molecule has 4 aromatic rings. The maximum Gasteiger partial charge on any atom is 0.264 e. The quantitative estimate of drug-likeness (QED) is 0.157. The van der Waals surface area contributed by atoms with Crippen LogP contribution >= 0.6 is 23.2 Å². The lowest BCUT2D eigenvalue weighted by Gasteiger charge is -2.34. The Morgan fingerprint density at radius 2 is 1.43 bits per heavy atom.